The van der Waals surface area contributed by atoms with Crippen LogP contribution in [0.1, 0.15) is 12.5 Å². The first-order valence-corrected chi connectivity index (χ1v) is 7.14. The first kappa shape index (κ1) is 12.6. The van der Waals surface area contributed by atoms with E-state index in [1.54, 1.807) is 6.07 Å². The number of nitrogens with one attached hydrogen (secondary N) is 1. The Labute approximate surface area is 101 Å². The van der Waals surface area contributed by atoms with Crippen molar-refractivity contribution in [1.29, 1.82) is 5.26 Å². The monoisotopic (exact) mass is 308 g/mol. The van der Waals surface area contributed by atoms with Crippen molar-refractivity contribution in [2.24, 2.45) is 0 Å². The number of sulfonamides is 1. The summed E-state index contributed by atoms with van der Waals surface area (Å²) in [6.07, 6.45) is 0. The van der Waals surface area contributed by atoms with Crippen molar-refractivity contribution in [3.63, 3.8) is 0 Å². The van der Waals surface area contributed by atoms with Crippen molar-refractivity contribution in [2.45, 2.75) is 24.1 Å². The summed E-state index contributed by atoms with van der Waals surface area (Å²) < 4.78 is 26.7. The zero-order valence-corrected chi connectivity index (χ0v) is 11.3. The molecule has 1 unspecified atom stereocenters. The lowest BCUT2D eigenvalue weighted by Gasteiger charge is -2.04. The van der Waals surface area contributed by atoms with Gasteiger partial charge in [0, 0.05) is 0 Å². The lowest BCUT2D eigenvalue weighted by molar-refractivity contribution is 0.579. The average Bonchev–Trinajstić information content (AvgIpc) is 2.47. The highest BCUT2D eigenvalue weighted by atomic mass is 79.9. The highest BCUT2D eigenvalue weighted by Gasteiger charge is 2.20. The van der Waals surface area contributed by atoms with E-state index in [1.807, 2.05) is 13.0 Å². The molecule has 0 aliphatic carbocycles. The van der Waals surface area contributed by atoms with Crippen LogP contribution in [-0.2, 0) is 10.0 Å². The third kappa shape index (κ3) is 3.01. The summed E-state index contributed by atoms with van der Waals surface area (Å²) in [5.41, 5.74) is 0.866. The molecule has 1 aromatic rings. The molecule has 1 rings (SSSR count). The normalized spacial score (nSPS) is 13.5. The Hall–Kier alpha value is -0.420. The molecule has 0 bridgehead atoms. The molecule has 0 aliphatic heterocycles. The summed E-state index contributed by atoms with van der Waals surface area (Å²) in [6, 6.07) is 2.66. The molecule has 0 amide bonds. The van der Waals surface area contributed by atoms with Crippen LogP contribution < -0.4 is 4.72 Å². The Morgan fingerprint density at radius 3 is 2.67 bits per heavy atom. The van der Waals surface area contributed by atoms with Crippen molar-refractivity contribution < 1.29 is 8.42 Å². The van der Waals surface area contributed by atoms with E-state index >= 15 is 0 Å². The van der Waals surface area contributed by atoms with E-state index in [4.69, 9.17) is 5.26 Å². The Morgan fingerprint density at radius 1 is 1.67 bits per heavy atom. The molecule has 7 heteroatoms. The molecule has 82 valence electrons. The fourth-order valence-electron chi connectivity index (χ4n) is 0.881. The van der Waals surface area contributed by atoms with Crippen molar-refractivity contribution in [3.8, 4) is 6.07 Å². The van der Waals surface area contributed by atoms with E-state index in [0.29, 0.717) is 0 Å². The van der Waals surface area contributed by atoms with E-state index in [9.17, 15) is 8.42 Å². The second-order valence-corrected chi connectivity index (χ2v) is 7.31. The Kier molecular flexibility index (Phi) is 3.89. The van der Waals surface area contributed by atoms with Crippen LogP contribution in [0.5, 0.6) is 0 Å². The van der Waals surface area contributed by atoms with Gasteiger partial charge in [-0.2, -0.15) is 9.98 Å². The molecule has 0 aliphatic rings. The minimum Gasteiger partial charge on any atom is -0.206 e. The molecule has 0 aromatic carbocycles. The minimum absolute atomic E-state index is 0.217. The largest absolute Gasteiger partial charge is 0.251 e. The molecule has 0 fully saturated rings. The maximum Gasteiger partial charge on any atom is 0.251 e. The quantitative estimate of drug-likeness (QED) is 0.928. The second-order valence-electron chi connectivity index (χ2n) is 2.99. The van der Waals surface area contributed by atoms with Gasteiger partial charge in [-0.05, 0) is 41.4 Å². The van der Waals surface area contributed by atoms with Crippen LogP contribution >= 0.6 is 27.3 Å². The molecule has 1 aromatic heterocycles. The third-order valence-corrected chi connectivity index (χ3v) is 5.78. The van der Waals surface area contributed by atoms with Crippen molar-refractivity contribution in [2.75, 3.05) is 0 Å². The summed E-state index contributed by atoms with van der Waals surface area (Å²) in [5.74, 6) is 0. The smallest absolute Gasteiger partial charge is 0.206 e. The zero-order valence-electron chi connectivity index (χ0n) is 8.11. The number of halogens is 1. The maximum absolute atomic E-state index is 11.7. The fraction of sp³-hybridized carbons (Fsp3) is 0.375. The van der Waals surface area contributed by atoms with Crippen molar-refractivity contribution in [1.82, 2.24) is 4.72 Å². The first-order valence-electron chi connectivity index (χ1n) is 4.04. The lowest BCUT2D eigenvalue weighted by atomic mass is 10.4. The summed E-state index contributed by atoms with van der Waals surface area (Å²) in [4.78, 5) is 0. The predicted octanol–water partition coefficient (Wildman–Crippen LogP) is 2.01. The SMILES string of the molecule is Cc1cc(S(=O)(=O)NC(C)C#N)sc1Br. The van der Waals surface area contributed by atoms with Crippen LogP contribution in [0.2, 0.25) is 0 Å². The van der Waals surface area contributed by atoms with Gasteiger partial charge in [0.1, 0.15) is 10.3 Å². The van der Waals surface area contributed by atoms with Gasteiger partial charge in [0.25, 0.3) is 10.0 Å². The molecule has 1 heterocycles. The summed E-state index contributed by atoms with van der Waals surface area (Å²) in [7, 11) is -3.56. The number of hydrogen-bond acceptors (Lipinski definition) is 4. The summed E-state index contributed by atoms with van der Waals surface area (Å²) in [6.45, 7) is 3.31. The number of thiophene rings is 1. The van der Waals surface area contributed by atoms with E-state index in [0.717, 1.165) is 20.7 Å². The van der Waals surface area contributed by atoms with Crippen LogP contribution in [0.4, 0.5) is 0 Å². The summed E-state index contributed by atoms with van der Waals surface area (Å²) >= 11 is 4.38. The molecule has 0 spiro atoms. The number of nitriles is 1. The molecule has 1 atom stereocenters. The fourth-order valence-corrected chi connectivity index (χ4v) is 4.27. The Balaban J connectivity index is 3.03. The van der Waals surface area contributed by atoms with Crippen LogP contribution in [0.25, 0.3) is 0 Å². The summed E-state index contributed by atoms with van der Waals surface area (Å²) in [5, 5.41) is 8.52. The van der Waals surface area contributed by atoms with E-state index in [-0.39, 0.29) is 4.21 Å². The molecule has 0 saturated carbocycles. The average molecular weight is 309 g/mol. The second kappa shape index (κ2) is 4.61. The predicted molar refractivity (Wildman–Crippen MR) is 62.2 cm³/mol. The molecule has 0 radical (unpaired) electrons. The van der Waals surface area contributed by atoms with E-state index in [2.05, 4.69) is 20.7 Å². The van der Waals surface area contributed by atoms with Crippen molar-refractivity contribution in [3.05, 3.63) is 15.4 Å². The first-order chi connectivity index (χ1) is 6.86. The van der Waals surface area contributed by atoms with Gasteiger partial charge in [-0.15, -0.1) is 11.3 Å². The highest BCUT2D eigenvalue weighted by Crippen LogP contribution is 2.30. The van der Waals surface area contributed by atoms with Gasteiger partial charge in [0.05, 0.1) is 9.86 Å². The standard InChI is InChI=1S/C8H9BrN2O2S2/c1-5-3-7(14-8(5)9)15(12,13)11-6(2)4-10/h3,6,11H,1-2H3. The van der Waals surface area contributed by atoms with Gasteiger partial charge in [0.15, 0.2) is 0 Å². The maximum atomic E-state index is 11.7. The number of rotatable bonds is 3. The van der Waals surface area contributed by atoms with Gasteiger partial charge in [-0.25, -0.2) is 8.42 Å². The van der Waals surface area contributed by atoms with Gasteiger partial charge in [0.2, 0.25) is 0 Å². The number of hydrogen-bond donors (Lipinski definition) is 1. The van der Waals surface area contributed by atoms with E-state index < -0.39 is 16.1 Å². The van der Waals surface area contributed by atoms with Crippen LogP contribution in [0.3, 0.4) is 0 Å². The van der Waals surface area contributed by atoms with Gasteiger partial charge < -0.3 is 0 Å². The number of nitrogens with zero attached hydrogens (tertiary/aromatic N) is 1. The lowest BCUT2D eigenvalue weighted by Crippen LogP contribution is -2.30. The number of aryl methyl sites for hydroxylation is 1. The zero-order chi connectivity index (χ0) is 11.6. The van der Waals surface area contributed by atoms with E-state index in [1.165, 1.54) is 6.92 Å². The minimum atomic E-state index is -3.56. The molecular formula is C8H9BrN2O2S2. The van der Waals surface area contributed by atoms with Gasteiger partial charge >= 0.3 is 0 Å². The van der Waals surface area contributed by atoms with Crippen molar-refractivity contribution >= 4 is 37.3 Å². The molecule has 15 heavy (non-hydrogen) atoms. The Morgan fingerprint density at radius 2 is 2.27 bits per heavy atom. The Bertz CT molecular complexity index is 482. The van der Waals surface area contributed by atoms with Crippen LogP contribution in [0.15, 0.2) is 14.1 Å². The molecule has 0 saturated heterocycles. The molecule has 1 N–H and O–H groups in total. The topological polar surface area (TPSA) is 70.0 Å². The van der Waals surface area contributed by atoms with Crippen LogP contribution in [0, 0.1) is 18.3 Å². The third-order valence-electron chi connectivity index (χ3n) is 1.63. The van der Waals surface area contributed by atoms with Crippen LogP contribution in [-0.4, -0.2) is 14.5 Å². The van der Waals surface area contributed by atoms with Gasteiger partial charge in [-0.1, -0.05) is 0 Å². The molecule has 4 nitrogen and oxygen atoms in total. The van der Waals surface area contributed by atoms with Gasteiger partial charge in [-0.3, -0.25) is 0 Å². The molecular weight excluding hydrogens is 300 g/mol. The highest BCUT2D eigenvalue weighted by molar-refractivity contribution is 9.11.